The molecule has 2 aromatic rings. The van der Waals surface area contributed by atoms with Gasteiger partial charge in [0.05, 0.1) is 6.21 Å². The Hall–Kier alpha value is -2.68. The molecule has 0 unspecified atom stereocenters. The summed E-state index contributed by atoms with van der Waals surface area (Å²) in [6.45, 7) is 0. The van der Waals surface area contributed by atoms with Gasteiger partial charge in [0.15, 0.2) is 0 Å². The topological polar surface area (TPSA) is 45.0 Å². The Balaban J connectivity index is 1.91. The minimum Gasteiger partial charge on any atom is -0.507 e. The van der Waals surface area contributed by atoms with E-state index in [1.807, 2.05) is 48.6 Å². The van der Waals surface area contributed by atoms with E-state index in [9.17, 15) is 5.11 Å². The van der Waals surface area contributed by atoms with Crippen molar-refractivity contribution >= 4 is 18.5 Å². The summed E-state index contributed by atoms with van der Waals surface area (Å²) in [5.74, 6) is 0.196. The van der Waals surface area contributed by atoms with E-state index in [4.69, 9.17) is 0 Å². The third-order valence-corrected chi connectivity index (χ3v) is 2.44. The van der Waals surface area contributed by atoms with Gasteiger partial charge >= 0.3 is 0 Å². The zero-order valence-electron chi connectivity index (χ0n) is 10.3. The molecule has 0 saturated heterocycles. The Kier molecular flexibility index (Phi) is 4.64. The van der Waals surface area contributed by atoms with E-state index in [2.05, 4.69) is 10.2 Å². The molecule has 0 fully saturated rings. The lowest BCUT2D eigenvalue weighted by atomic mass is 10.2. The highest BCUT2D eigenvalue weighted by Crippen LogP contribution is 2.12. The lowest BCUT2D eigenvalue weighted by Gasteiger charge is -1.94. The molecule has 19 heavy (non-hydrogen) atoms. The van der Waals surface area contributed by atoms with Gasteiger partial charge < -0.3 is 5.11 Å². The normalized spacial score (nSPS) is 11.8. The quantitative estimate of drug-likeness (QED) is 0.655. The second kappa shape index (κ2) is 6.91. The van der Waals surface area contributed by atoms with Gasteiger partial charge in [-0.3, -0.25) is 0 Å². The highest BCUT2D eigenvalue weighted by molar-refractivity contribution is 5.84. The Morgan fingerprint density at radius 2 is 1.58 bits per heavy atom. The second-order valence-electron chi connectivity index (χ2n) is 3.84. The molecule has 2 rings (SSSR count). The van der Waals surface area contributed by atoms with Crippen molar-refractivity contribution in [2.75, 3.05) is 0 Å². The number of allylic oxidation sites excluding steroid dienone is 1. The minimum atomic E-state index is 0.196. The van der Waals surface area contributed by atoms with Crippen LogP contribution in [0, 0.1) is 0 Å². The van der Waals surface area contributed by atoms with Crippen LogP contribution in [0.2, 0.25) is 0 Å². The molecule has 0 aliphatic heterocycles. The fourth-order valence-corrected chi connectivity index (χ4v) is 1.49. The fraction of sp³-hybridized carbons (Fsp3) is 0. The van der Waals surface area contributed by atoms with E-state index in [-0.39, 0.29) is 5.75 Å². The van der Waals surface area contributed by atoms with E-state index in [0.29, 0.717) is 5.56 Å². The minimum absolute atomic E-state index is 0.196. The Morgan fingerprint density at radius 1 is 0.842 bits per heavy atom. The summed E-state index contributed by atoms with van der Waals surface area (Å²) in [4.78, 5) is 0. The molecule has 0 amide bonds. The third kappa shape index (κ3) is 4.24. The van der Waals surface area contributed by atoms with Gasteiger partial charge in [-0.25, -0.2) is 0 Å². The van der Waals surface area contributed by atoms with Gasteiger partial charge in [0, 0.05) is 11.8 Å². The molecule has 1 N–H and O–H groups in total. The number of hydrogen-bond donors (Lipinski definition) is 1. The summed E-state index contributed by atoms with van der Waals surface area (Å²) in [6.07, 6.45) is 6.88. The number of rotatable bonds is 4. The summed E-state index contributed by atoms with van der Waals surface area (Å²) < 4.78 is 0. The van der Waals surface area contributed by atoms with Gasteiger partial charge in [0.1, 0.15) is 5.75 Å². The molecule has 94 valence electrons. The molecule has 0 aromatic heterocycles. The van der Waals surface area contributed by atoms with E-state index in [0.717, 1.165) is 5.56 Å². The van der Waals surface area contributed by atoms with E-state index in [1.54, 1.807) is 24.4 Å². The predicted octanol–water partition coefficient (Wildman–Crippen LogP) is 3.51. The van der Waals surface area contributed by atoms with Crippen LogP contribution in [0.5, 0.6) is 5.75 Å². The SMILES string of the molecule is Oc1ccccc1\C=N/N=C/C=C/c1ccccc1. The Bertz CT molecular complexity index is 601. The number of hydrogen-bond acceptors (Lipinski definition) is 3. The standard InChI is InChI=1S/C16H14N2O/c19-16-11-5-4-10-15(16)13-18-17-12-6-9-14-7-2-1-3-8-14/h1-13,19H/b9-6+,17-12+,18-13-. The van der Waals surface area contributed by atoms with Gasteiger partial charge in [-0.05, 0) is 23.8 Å². The molecule has 2 aromatic carbocycles. The van der Waals surface area contributed by atoms with Crippen LogP contribution in [0.1, 0.15) is 11.1 Å². The second-order valence-corrected chi connectivity index (χ2v) is 3.84. The van der Waals surface area contributed by atoms with Crippen molar-refractivity contribution in [3.05, 3.63) is 71.8 Å². The largest absolute Gasteiger partial charge is 0.507 e. The van der Waals surface area contributed by atoms with Crippen LogP contribution in [-0.2, 0) is 0 Å². The Morgan fingerprint density at radius 3 is 2.37 bits per heavy atom. The maximum Gasteiger partial charge on any atom is 0.124 e. The molecule has 0 saturated carbocycles. The average Bonchev–Trinajstić information content (AvgIpc) is 2.45. The van der Waals surface area contributed by atoms with Crippen LogP contribution < -0.4 is 0 Å². The maximum atomic E-state index is 9.50. The first-order chi connectivity index (χ1) is 9.36. The number of phenolic OH excluding ortho intramolecular Hbond substituents is 1. The van der Waals surface area contributed by atoms with Gasteiger partial charge in [-0.15, -0.1) is 0 Å². The van der Waals surface area contributed by atoms with E-state index < -0.39 is 0 Å². The number of nitrogens with zero attached hydrogens (tertiary/aromatic N) is 2. The zero-order valence-corrected chi connectivity index (χ0v) is 10.3. The number of para-hydroxylation sites is 1. The maximum absolute atomic E-state index is 9.50. The third-order valence-electron chi connectivity index (χ3n) is 2.44. The molecule has 0 atom stereocenters. The molecule has 0 spiro atoms. The molecular formula is C16H14N2O. The lowest BCUT2D eigenvalue weighted by molar-refractivity contribution is 0.474. The van der Waals surface area contributed by atoms with Crippen molar-refractivity contribution in [3.63, 3.8) is 0 Å². The number of benzene rings is 2. The zero-order chi connectivity index (χ0) is 13.3. The van der Waals surface area contributed by atoms with Crippen LogP contribution in [0.25, 0.3) is 6.08 Å². The van der Waals surface area contributed by atoms with Crippen LogP contribution in [0.3, 0.4) is 0 Å². The smallest absolute Gasteiger partial charge is 0.124 e. The first kappa shape index (κ1) is 12.8. The van der Waals surface area contributed by atoms with Crippen LogP contribution in [-0.4, -0.2) is 17.5 Å². The monoisotopic (exact) mass is 250 g/mol. The molecule has 3 nitrogen and oxygen atoms in total. The summed E-state index contributed by atoms with van der Waals surface area (Å²) in [6, 6.07) is 16.9. The average molecular weight is 250 g/mol. The number of aromatic hydroxyl groups is 1. The van der Waals surface area contributed by atoms with Crippen LogP contribution in [0.4, 0.5) is 0 Å². The molecule has 3 heteroatoms. The van der Waals surface area contributed by atoms with Crippen molar-refractivity contribution in [2.45, 2.75) is 0 Å². The molecular weight excluding hydrogens is 236 g/mol. The fourth-order valence-electron chi connectivity index (χ4n) is 1.49. The van der Waals surface area contributed by atoms with E-state index >= 15 is 0 Å². The molecule has 0 aliphatic carbocycles. The van der Waals surface area contributed by atoms with Crippen molar-refractivity contribution in [3.8, 4) is 5.75 Å². The summed E-state index contributed by atoms with van der Waals surface area (Å²) in [5, 5.41) is 17.2. The summed E-state index contributed by atoms with van der Waals surface area (Å²) in [5.41, 5.74) is 1.75. The predicted molar refractivity (Wildman–Crippen MR) is 79.7 cm³/mol. The van der Waals surface area contributed by atoms with Crippen molar-refractivity contribution in [1.29, 1.82) is 0 Å². The molecule has 0 heterocycles. The highest BCUT2D eigenvalue weighted by Gasteiger charge is 1.93. The van der Waals surface area contributed by atoms with Crippen molar-refractivity contribution < 1.29 is 5.11 Å². The molecule has 0 aliphatic rings. The number of phenols is 1. The van der Waals surface area contributed by atoms with Crippen molar-refractivity contribution in [1.82, 2.24) is 0 Å². The summed E-state index contributed by atoms with van der Waals surface area (Å²) in [7, 11) is 0. The van der Waals surface area contributed by atoms with Crippen LogP contribution >= 0.6 is 0 Å². The summed E-state index contributed by atoms with van der Waals surface area (Å²) >= 11 is 0. The first-order valence-electron chi connectivity index (χ1n) is 5.92. The van der Waals surface area contributed by atoms with Gasteiger partial charge in [0.2, 0.25) is 0 Å². The first-order valence-corrected chi connectivity index (χ1v) is 5.92. The highest BCUT2D eigenvalue weighted by atomic mass is 16.3. The molecule has 0 radical (unpaired) electrons. The van der Waals surface area contributed by atoms with E-state index in [1.165, 1.54) is 6.21 Å². The van der Waals surface area contributed by atoms with Crippen LogP contribution in [0.15, 0.2) is 70.9 Å². The lowest BCUT2D eigenvalue weighted by Crippen LogP contribution is -1.80. The molecule has 0 bridgehead atoms. The van der Waals surface area contributed by atoms with Gasteiger partial charge in [-0.1, -0.05) is 48.5 Å². The van der Waals surface area contributed by atoms with Gasteiger partial charge in [-0.2, -0.15) is 10.2 Å². The van der Waals surface area contributed by atoms with Gasteiger partial charge in [0.25, 0.3) is 0 Å². The van der Waals surface area contributed by atoms with Crippen molar-refractivity contribution in [2.24, 2.45) is 10.2 Å². The Labute approximate surface area is 112 Å².